The van der Waals surface area contributed by atoms with Crippen LogP contribution in [0.25, 0.3) is 10.2 Å². The van der Waals surface area contributed by atoms with Gasteiger partial charge in [-0.15, -0.1) is 0 Å². The number of rotatable bonds is 3. The van der Waals surface area contributed by atoms with Crippen molar-refractivity contribution in [2.75, 3.05) is 37.7 Å². The molecule has 1 aliphatic rings. The average molecular weight is 305 g/mol. The van der Waals surface area contributed by atoms with Crippen LogP contribution in [0, 0.1) is 0 Å². The van der Waals surface area contributed by atoms with E-state index in [1.165, 1.54) is 0 Å². The first-order valence-electron chi connectivity index (χ1n) is 7.21. The van der Waals surface area contributed by atoms with Crippen molar-refractivity contribution in [3.63, 3.8) is 0 Å². The quantitative estimate of drug-likeness (QED) is 0.873. The molecule has 1 saturated heterocycles. The summed E-state index contributed by atoms with van der Waals surface area (Å²) in [5.41, 5.74) is 1.01. The third-order valence-corrected chi connectivity index (χ3v) is 4.73. The van der Waals surface area contributed by atoms with Gasteiger partial charge >= 0.3 is 0 Å². The molecule has 0 atom stereocenters. The SMILES string of the molecule is CCOc1ccc2nc(N3CCN(C(C)=O)CC3)sc2c1. The molecule has 1 fully saturated rings. The van der Waals surface area contributed by atoms with E-state index in [0.29, 0.717) is 6.61 Å². The maximum Gasteiger partial charge on any atom is 0.219 e. The van der Waals surface area contributed by atoms with Crippen LogP contribution in [-0.2, 0) is 4.79 Å². The van der Waals surface area contributed by atoms with Gasteiger partial charge in [0.05, 0.1) is 16.8 Å². The molecule has 1 aliphatic heterocycles. The summed E-state index contributed by atoms with van der Waals surface area (Å²) < 4.78 is 6.67. The van der Waals surface area contributed by atoms with E-state index in [1.54, 1.807) is 18.3 Å². The number of nitrogens with zero attached hydrogens (tertiary/aromatic N) is 3. The molecule has 112 valence electrons. The zero-order chi connectivity index (χ0) is 14.8. The maximum atomic E-state index is 11.4. The molecular weight excluding hydrogens is 286 g/mol. The molecule has 0 spiro atoms. The monoisotopic (exact) mass is 305 g/mol. The normalized spacial score (nSPS) is 15.5. The Labute approximate surface area is 128 Å². The molecular formula is C15H19N3O2S. The van der Waals surface area contributed by atoms with Gasteiger partial charge < -0.3 is 14.5 Å². The van der Waals surface area contributed by atoms with Crippen LogP contribution in [0.3, 0.4) is 0 Å². The fraction of sp³-hybridized carbons (Fsp3) is 0.467. The van der Waals surface area contributed by atoms with E-state index >= 15 is 0 Å². The summed E-state index contributed by atoms with van der Waals surface area (Å²) in [7, 11) is 0. The number of ether oxygens (including phenoxy) is 1. The molecule has 21 heavy (non-hydrogen) atoms. The highest BCUT2D eigenvalue weighted by Gasteiger charge is 2.21. The molecule has 1 amide bonds. The highest BCUT2D eigenvalue weighted by atomic mass is 32.1. The molecule has 0 aliphatic carbocycles. The Morgan fingerprint density at radius 2 is 2.10 bits per heavy atom. The lowest BCUT2D eigenvalue weighted by atomic mass is 10.3. The topological polar surface area (TPSA) is 45.7 Å². The summed E-state index contributed by atoms with van der Waals surface area (Å²) in [6.45, 7) is 7.52. The number of thiazole rings is 1. The van der Waals surface area contributed by atoms with Gasteiger partial charge in [0.15, 0.2) is 5.13 Å². The number of anilines is 1. The van der Waals surface area contributed by atoms with Crippen molar-refractivity contribution in [3.8, 4) is 5.75 Å². The fourth-order valence-corrected chi connectivity index (χ4v) is 3.54. The first-order chi connectivity index (χ1) is 10.2. The molecule has 0 radical (unpaired) electrons. The Kier molecular flexibility index (Phi) is 3.96. The Balaban J connectivity index is 1.77. The van der Waals surface area contributed by atoms with E-state index < -0.39 is 0 Å². The van der Waals surface area contributed by atoms with E-state index in [0.717, 1.165) is 47.3 Å². The van der Waals surface area contributed by atoms with Crippen molar-refractivity contribution in [1.82, 2.24) is 9.88 Å². The second-order valence-electron chi connectivity index (χ2n) is 5.05. The highest BCUT2D eigenvalue weighted by Crippen LogP contribution is 2.31. The Morgan fingerprint density at radius 3 is 2.76 bits per heavy atom. The second kappa shape index (κ2) is 5.89. The van der Waals surface area contributed by atoms with Crippen LogP contribution in [0.2, 0.25) is 0 Å². The molecule has 2 aromatic rings. The van der Waals surface area contributed by atoms with Crippen LogP contribution in [0.5, 0.6) is 5.75 Å². The molecule has 2 heterocycles. The average Bonchev–Trinajstić information content (AvgIpc) is 2.91. The molecule has 5 nitrogen and oxygen atoms in total. The van der Waals surface area contributed by atoms with E-state index in [2.05, 4.69) is 4.90 Å². The highest BCUT2D eigenvalue weighted by molar-refractivity contribution is 7.22. The lowest BCUT2D eigenvalue weighted by Gasteiger charge is -2.33. The Morgan fingerprint density at radius 1 is 1.33 bits per heavy atom. The van der Waals surface area contributed by atoms with E-state index in [4.69, 9.17) is 9.72 Å². The Bertz CT molecular complexity index is 647. The number of piperazine rings is 1. The summed E-state index contributed by atoms with van der Waals surface area (Å²) in [5.74, 6) is 1.04. The third kappa shape index (κ3) is 2.95. The van der Waals surface area contributed by atoms with Gasteiger partial charge in [-0.25, -0.2) is 4.98 Å². The molecule has 0 bridgehead atoms. The number of amides is 1. The van der Waals surface area contributed by atoms with Crippen LogP contribution in [0.1, 0.15) is 13.8 Å². The lowest BCUT2D eigenvalue weighted by Crippen LogP contribution is -2.48. The summed E-state index contributed by atoms with van der Waals surface area (Å²) in [6, 6.07) is 6.01. The van der Waals surface area contributed by atoms with Gasteiger partial charge in [0, 0.05) is 33.1 Å². The van der Waals surface area contributed by atoms with Gasteiger partial charge in [-0.2, -0.15) is 0 Å². The third-order valence-electron chi connectivity index (χ3n) is 3.66. The lowest BCUT2D eigenvalue weighted by molar-refractivity contribution is -0.129. The zero-order valence-electron chi connectivity index (χ0n) is 12.3. The van der Waals surface area contributed by atoms with Gasteiger partial charge in [0.25, 0.3) is 0 Å². The van der Waals surface area contributed by atoms with Crippen molar-refractivity contribution in [2.24, 2.45) is 0 Å². The summed E-state index contributed by atoms with van der Waals surface area (Å²) in [5, 5.41) is 1.03. The Hall–Kier alpha value is -1.82. The van der Waals surface area contributed by atoms with E-state index in [-0.39, 0.29) is 5.91 Å². The molecule has 0 saturated carbocycles. The maximum absolute atomic E-state index is 11.4. The number of aromatic nitrogens is 1. The second-order valence-corrected chi connectivity index (χ2v) is 6.06. The largest absolute Gasteiger partial charge is 0.494 e. The van der Waals surface area contributed by atoms with Crippen LogP contribution in [0.4, 0.5) is 5.13 Å². The standard InChI is InChI=1S/C15H19N3O2S/c1-3-20-12-4-5-13-14(10-12)21-15(16-13)18-8-6-17(7-9-18)11(2)19/h4-5,10H,3,6-9H2,1-2H3. The van der Waals surface area contributed by atoms with Crippen molar-refractivity contribution >= 4 is 32.6 Å². The van der Waals surface area contributed by atoms with Gasteiger partial charge in [-0.1, -0.05) is 11.3 Å². The number of fused-ring (bicyclic) bond motifs is 1. The molecule has 0 unspecified atom stereocenters. The van der Waals surface area contributed by atoms with Crippen molar-refractivity contribution < 1.29 is 9.53 Å². The smallest absolute Gasteiger partial charge is 0.219 e. The van der Waals surface area contributed by atoms with Gasteiger partial charge in [0.2, 0.25) is 5.91 Å². The number of hydrogen-bond donors (Lipinski definition) is 0. The molecule has 0 N–H and O–H groups in total. The first kappa shape index (κ1) is 14.1. The zero-order valence-corrected chi connectivity index (χ0v) is 13.2. The molecule has 1 aromatic heterocycles. The molecule has 6 heteroatoms. The van der Waals surface area contributed by atoms with Crippen molar-refractivity contribution in [3.05, 3.63) is 18.2 Å². The number of benzene rings is 1. The summed E-state index contributed by atoms with van der Waals surface area (Å²) in [6.07, 6.45) is 0. The number of carbonyl (C=O) groups excluding carboxylic acids is 1. The number of carbonyl (C=O) groups is 1. The molecule has 1 aromatic carbocycles. The predicted molar refractivity (Wildman–Crippen MR) is 85.3 cm³/mol. The molecule has 3 rings (SSSR count). The van der Waals surface area contributed by atoms with Crippen LogP contribution in [-0.4, -0.2) is 48.6 Å². The van der Waals surface area contributed by atoms with E-state index in [9.17, 15) is 4.79 Å². The minimum absolute atomic E-state index is 0.153. The van der Waals surface area contributed by atoms with Crippen molar-refractivity contribution in [2.45, 2.75) is 13.8 Å². The van der Waals surface area contributed by atoms with Crippen LogP contribution < -0.4 is 9.64 Å². The number of hydrogen-bond acceptors (Lipinski definition) is 5. The van der Waals surface area contributed by atoms with Gasteiger partial charge in [-0.05, 0) is 25.1 Å². The fourth-order valence-electron chi connectivity index (χ4n) is 2.50. The minimum atomic E-state index is 0.153. The van der Waals surface area contributed by atoms with Gasteiger partial charge in [-0.3, -0.25) is 4.79 Å². The summed E-state index contributed by atoms with van der Waals surface area (Å²) in [4.78, 5) is 20.2. The van der Waals surface area contributed by atoms with Crippen LogP contribution >= 0.6 is 11.3 Å². The minimum Gasteiger partial charge on any atom is -0.494 e. The first-order valence-corrected chi connectivity index (χ1v) is 8.03. The van der Waals surface area contributed by atoms with E-state index in [1.807, 2.05) is 30.0 Å². The predicted octanol–water partition coefficient (Wildman–Crippen LogP) is 2.36. The van der Waals surface area contributed by atoms with Crippen LogP contribution in [0.15, 0.2) is 18.2 Å². The van der Waals surface area contributed by atoms with Gasteiger partial charge in [0.1, 0.15) is 5.75 Å². The van der Waals surface area contributed by atoms with Crippen molar-refractivity contribution in [1.29, 1.82) is 0 Å². The summed E-state index contributed by atoms with van der Waals surface area (Å²) >= 11 is 1.68.